The maximum atomic E-state index is 11.9. The highest BCUT2D eigenvalue weighted by Gasteiger charge is 2.46. The molecule has 3 rings (SSSR count). The second-order valence-corrected chi connectivity index (χ2v) is 9.68. The number of phenols is 1. The molecule has 0 heterocycles. The maximum absolute atomic E-state index is 11.9. The number of aliphatic carboxylic acids is 1. The van der Waals surface area contributed by atoms with Crippen LogP contribution in [0.4, 0.5) is 0 Å². The highest BCUT2D eigenvalue weighted by atomic mass is 16.5. The van der Waals surface area contributed by atoms with E-state index in [4.69, 9.17) is 4.74 Å². The normalized spacial score (nSPS) is 24.5. The summed E-state index contributed by atoms with van der Waals surface area (Å²) in [5, 5.41) is 23.7. The third-order valence-corrected chi connectivity index (χ3v) is 8.13. The van der Waals surface area contributed by atoms with E-state index >= 15 is 0 Å². The predicted molar refractivity (Wildman–Crippen MR) is 124 cm³/mol. The molecule has 2 aliphatic carbocycles. The molecule has 5 heteroatoms. The lowest BCUT2D eigenvalue weighted by molar-refractivity contribution is -0.142. The number of ether oxygens (including phenoxy) is 1. The van der Waals surface area contributed by atoms with Crippen LogP contribution in [0.25, 0.3) is 0 Å². The Balaban J connectivity index is 1.73. The molecule has 0 aromatic heterocycles. The van der Waals surface area contributed by atoms with E-state index in [0.29, 0.717) is 24.6 Å². The lowest BCUT2D eigenvalue weighted by atomic mass is 9.62. The molecule has 1 aromatic carbocycles. The van der Waals surface area contributed by atoms with Gasteiger partial charge >= 0.3 is 5.97 Å². The Kier molecular flexibility index (Phi) is 8.40. The molecule has 174 valence electrons. The summed E-state index contributed by atoms with van der Waals surface area (Å²) in [7, 11) is 1.77. The second kappa shape index (κ2) is 10.8. The molecule has 3 N–H and O–H groups in total. The number of phenolic OH excluding ortho intramolecular Hbond substituents is 1. The van der Waals surface area contributed by atoms with Crippen LogP contribution in [0.15, 0.2) is 18.2 Å². The van der Waals surface area contributed by atoms with E-state index in [1.807, 2.05) is 12.1 Å². The van der Waals surface area contributed by atoms with Gasteiger partial charge < -0.3 is 20.3 Å². The molecule has 0 amide bonds. The molecule has 0 bridgehead atoms. The molecule has 1 aromatic rings. The minimum atomic E-state index is -0.660. The van der Waals surface area contributed by atoms with Gasteiger partial charge in [-0.1, -0.05) is 52.0 Å². The molecule has 1 saturated carbocycles. The van der Waals surface area contributed by atoms with Crippen molar-refractivity contribution in [1.29, 1.82) is 0 Å². The van der Waals surface area contributed by atoms with Crippen molar-refractivity contribution >= 4 is 5.97 Å². The topological polar surface area (TPSA) is 78.8 Å². The summed E-state index contributed by atoms with van der Waals surface area (Å²) in [5.41, 5.74) is 2.31. The molecule has 1 fully saturated rings. The highest BCUT2D eigenvalue weighted by molar-refractivity contribution is 5.69. The van der Waals surface area contributed by atoms with Crippen molar-refractivity contribution in [2.24, 2.45) is 11.8 Å². The zero-order valence-electron chi connectivity index (χ0n) is 19.5. The summed E-state index contributed by atoms with van der Waals surface area (Å²) in [6, 6.07) is 5.80. The van der Waals surface area contributed by atoms with E-state index < -0.39 is 5.97 Å². The fourth-order valence-corrected chi connectivity index (χ4v) is 6.26. The zero-order chi connectivity index (χ0) is 22.4. The maximum Gasteiger partial charge on any atom is 0.306 e. The minimum absolute atomic E-state index is 0.0264. The zero-order valence-corrected chi connectivity index (χ0v) is 19.5. The minimum Gasteiger partial charge on any atom is -0.508 e. The number of carbonyl (C=O) groups is 1. The number of hydrogen-bond donors (Lipinski definition) is 3. The van der Waals surface area contributed by atoms with E-state index in [0.717, 1.165) is 25.7 Å². The molecule has 0 spiro atoms. The molecule has 2 aliphatic rings. The predicted octanol–water partition coefficient (Wildman–Crippen LogP) is 5.04. The van der Waals surface area contributed by atoms with Crippen molar-refractivity contribution in [1.82, 2.24) is 5.32 Å². The number of hydrogen-bond acceptors (Lipinski definition) is 4. The molecule has 5 nitrogen and oxygen atoms in total. The van der Waals surface area contributed by atoms with Crippen molar-refractivity contribution in [3.8, 4) is 5.75 Å². The smallest absolute Gasteiger partial charge is 0.306 e. The lowest BCUT2D eigenvalue weighted by Gasteiger charge is -2.49. The number of aromatic hydroxyl groups is 1. The van der Waals surface area contributed by atoms with Crippen LogP contribution in [-0.4, -0.2) is 42.0 Å². The Bertz CT molecular complexity index is 724. The number of nitrogens with one attached hydrogen (secondary N) is 1. The molecular formula is C26H41NO4. The third-order valence-electron chi connectivity index (χ3n) is 8.13. The van der Waals surface area contributed by atoms with Crippen molar-refractivity contribution in [2.75, 3.05) is 13.7 Å². The van der Waals surface area contributed by atoms with Crippen LogP contribution in [0, 0.1) is 11.8 Å². The first-order valence-electron chi connectivity index (χ1n) is 12.3. The number of rotatable bonds is 10. The van der Waals surface area contributed by atoms with Gasteiger partial charge in [0.2, 0.25) is 0 Å². The highest BCUT2D eigenvalue weighted by Crippen LogP contribution is 2.44. The summed E-state index contributed by atoms with van der Waals surface area (Å²) in [6.45, 7) is 5.07. The van der Waals surface area contributed by atoms with Crippen LogP contribution < -0.4 is 5.32 Å². The Labute approximate surface area is 187 Å². The van der Waals surface area contributed by atoms with Gasteiger partial charge in [-0.15, -0.1) is 0 Å². The summed E-state index contributed by atoms with van der Waals surface area (Å²) in [6.07, 6.45) is 10.3. The van der Waals surface area contributed by atoms with Gasteiger partial charge in [0.05, 0.1) is 12.0 Å². The Morgan fingerprint density at radius 2 is 1.94 bits per heavy atom. The Morgan fingerprint density at radius 3 is 2.55 bits per heavy atom. The summed E-state index contributed by atoms with van der Waals surface area (Å²) < 4.78 is 5.93. The summed E-state index contributed by atoms with van der Waals surface area (Å²) in [5.74, 6) is -0.0736. The molecule has 3 atom stereocenters. The Hall–Kier alpha value is -1.59. The van der Waals surface area contributed by atoms with Gasteiger partial charge in [0, 0.05) is 25.0 Å². The number of carboxylic acids is 1. The van der Waals surface area contributed by atoms with Crippen molar-refractivity contribution in [2.45, 2.75) is 95.6 Å². The fraction of sp³-hybridized carbons (Fsp3) is 0.731. The van der Waals surface area contributed by atoms with Gasteiger partial charge in [-0.3, -0.25) is 4.79 Å². The largest absolute Gasteiger partial charge is 0.508 e. The molecule has 1 unspecified atom stereocenters. The molecule has 0 aliphatic heterocycles. The van der Waals surface area contributed by atoms with Gasteiger partial charge in [0.15, 0.2) is 0 Å². The lowest BCUT2D eigenvalue weighted by Crippen LogP contribution is -2.59. The fourth-order valence-electron chi connectivity index (χ4n) is 6.26. The third kappa shape index (κ3) is 5.25. The number of fused-ring (bicyclic) bond motifs is 1. The van der Waals surface area contributed by atoms with E-state index in [1.54, 1.807) is 13.2 Å². The van der Waals surface area contributed by atoms with E-state index in [2.05, 4.69) is 19.2 Å². The number of methoxy groups -OCH3 is 1. The Morgan fingerprint density at radius 1 is 1.23 bits per heavy atom. The van der Waals surface area contributed by atoms with Gasteiger partial charge in [0.1, 0.15) is 5.75 Å². The SMILES string of the molecule is CCC1(CC)c2cc(O)ccc2C[C@H](OC)[C@H]1NCCC(CC1CCCCC1)C(=O)O. The van der Waals surface area contributed by atoms with Crippen LogP contribution in [-0.2, 0) is 21.4 Å². The van der Waals surface area contributed by atoms with Crippen LogP contribution in [0.5, 0.6) is 5.75 Å². The standard InChI is InChI=1S/C26H41NO4/c1-4-26(5-2)22-17-21(28)12-11-19(22)16-23(31-3)24(26)27-14-13-20(25(29)30)15-18-9-7-6-8-10-18/h11-12,17-18,20,23-24,27-28H,4-10,13-16H2,1-3H3,(H,29,30)/t20?,23-,24+/m0/s1. The van der Waals surface area contributed by atoms with E-state index in [9.17, 15) is 15.0 Å². The number of carboxylic acid groups (broad SMARTS) is 1. The van der Waals surface area contributed by atoms with E-state index in [1.165, 1.54) is 43.2 Å². The summed E-state index contributed by atoms with van der Waals surface area (Å²) in [4.78, 5) is 11.9. The first kappa shape index (κ1) is 24.1. The monoisotopic (exact) mass is 431 g/mol. The summed E-state index contributed by atoms with van der Waals surface area (Å²) >= 11 is 0. The van der Waals surface area contributed by atoms with Crippen LogP contribution in [0.1, 0.15) is 82.8 Å². The van der Waals surface area contributed by atoms with Crippen LogP contribution in [0.2, 0.25) is 0 Å². The molecular weight excluding hydrogens is 390 g/mol. The molecule has 0 radical (unpaired) electrons. The van der Waals surface area contributed by atoms with Crippen molar-refractivity contribution in [3.63, 3.8) is 0 Å². The van der Waals surface area contributed by atoms with Gasteiger partial charge in [-0.25, -0.2) is 0 Å². The van der Waals surface area contributed by atoms with Crippen LogP contribution >= 0.6 is 0 Å². The average molecular weight is 432 g/mol. The first-order valence-corrected chi connectivity index (χ1v) is 12.3. The average Bonchev–Trinajstić information content (AvgIpc) is 2.78. The van der Waals surface area contributed by atoms with Gasteiger partial charge in [-0.05, 0) is 61.4 Å². The van der Waals surface area contributed by atoms with Crippen LogP contribution in [0.3, 0.4) is 0 Å². The first-order chi connectivity index (χ1) is 14.9. The quantitative estimate of drug-likeness (QED) is 0.484. The van der Waals surface area contributed by atoms with Gasteiger partial charge in [0.25, 0.3) is 0 Å². The second-order valence-electron chi connectivity index (χ2n) is 9.68. The molecule has 0 saturated heterocycles. The van der Waals surface area contributed by atoms with Crippen molar-refractivity contribution in [3.05, 3.63) is 29.3 Å². The van der Waals surface area contributed by atoms with Crippen molar-refractivity contribution < 1.29 is 19.7 Å². The number of benzene rings is 1. The van der Waals surface area contributed by atoms with Gasteiger partial charge in [-0.2, -0.15) is 0 Å². The molecule has 31 heavy (non-hydrogen) atoms. The van der Waals surface area contributed by atoms with E-state index in [-0.39, 0.29) is 23.5 Å².